The molecule has 36 heavy (non-hydrogen) atoms. The third-order valence-electron chi connectivity index (χ3n) is 4.95. The molecule has 1 fully saturated rings. The Bertz CT molecular complexity index is 890. The van der Waals surface area contributed by atoms with Crippen molar-refractivity contribution in [1.29, 1.82) is 0 Å². The number of benzene rings is 1. The Balaban J connectivity index is 1.90. The lowest BCUT2D eigenvalue weighted by Crippen LogP contribution is -2.61. The Morgan fingerprint density at radius 3 is 1.97 bits per heavy atom. The molecule has 5 atom stereocenters. The van der Waals surface area contributed by atoms with Gasteiger partial charge in [0.25, 0.3) is 5.69 Å². The van der Waals surface area contributed by atoms with Crippen molar-refractivity contribution in [2.24, 2.45) is 0 Å². The van der Waals surface area contributed by atoms with Gasteiger partial charge in [-0.15, -0.1) is 0 Å². The Labute approximate surface area is 208 Å². The Kier molecular flexibility index (Phi) is 11.5. The molecule has 0 aliphatic carbocycles. The van der Waals surface area contributed by atoms with E-state index in [-0.39, 0.29) is 32.1 Å². The smallest absolute Gasteiger partial charge is 0.303 e. The molecule has 13 nitrogen and oxygen atoms in total. The number of nitro groups is 1. The summed E-state index contributed by atoms with van der Waals surface area (Å²) in [6.07, 6.45) is -4.67. The van der Waals surface area contributed by atoms with E-state index in [0.717, 1.165) is 0 Å². The molecule has 0 spiro atoms. The van der Waals surface area contributed by atoms with Crippen molar-refractivity contribution in [3.05, 3.63) is 34.4 Å². The first-order valence-electron chi connectivity index (χ1n) is 11.4. The Hall–Kier alpha value is -3.29. The third kappa shape index (κ3) is 9.06. The number of esters is 3. The molecule has 1 aromatic rings. The van der Waals surface area contributed by atoms with Gasteiger partial charge in [-0.1, -0.05) is 6.92 Å². The van der Waals surface area contributed by atoms with Crippen LogP contribution in [-0.4, -0.2) is 80.0 Å². The first kappa shape index (κ1) is 28.9. The minimum atomic E-state index is -1.18. The summed E-state index contributed by atoms with van der Waals surface area (Å²) in [5.74, 6) is -1.46. The van der Waals surface area contributed by atoms with Crippen LogP contribution in [0.4, 0.5) is 5.69 Å². The zero-order valence-corrected chi connectivity index (χ0v) is 20.6. The van der Waals surface area contributed by atoms with Gasteiger partial charge in [0.05, 0.1) is 24.7 Å². The first-order chi connectivity index (χ1) is 17.1. The van der Waals surface area contributed by atoms with Crippen molar-refractivity contribution in [2.45, 2.75) is 64.8 Å². The maximum absolute atomic E-state index is 11.7. The summed E-state index contributed by atoms with van der Waals surface area (Å²) in [4.78, 5) is 45.3. The second kappa shape index (κ2) is 14.3. The van der Waals surface area contributed by atoms with E-state index < -0.39 is 53.5 Å². The van der Waals surface area contributed by atoms with Gasteiger partial charge in [0.15, 0.2) is 24.6 Å². The summed E-state index contributed by atoms with van der Waals surface area (Å²) < 4.78 is 38.6. The lowest BCUT2D eigenvalue weighted by atomic mass is 9.96. The molecule has 5 unspecified atom stereocenters. The lowest BCUT2D eigenvalue weighted by molar-refractivity contribution is -0.384. The van der Waals surface area contributed by atoms with Gasteiger partial charge in [-0.05, 0) is 18.6 Å². The van der Waals surface area contributed by atoms with Gasteiger partial charge in [-0.2, -0.15) is 0 Å². The van der Waals surface area contributed by atoms with E-state index in [1.165, 1.54) is 45.0 Å². The third-order valence-corrected chi connectivity index (χ3v) is 4.95. The maximum Gasteiger partial charge on any atom is 0.303 e. The van der Waals surface area contributed by atoms with Crippen LogP contribution in [0.15, 0.2) is 24.3 Å². The Morgan fingerprint density at radius 1 is 0.861 bits per heavy atom. The standard InChI is InChI=1S/C23H31NO12/c1-5-19-20(33-14(2)25)21(34-15(3)26)22(35-16(4)27)23(36-19)32-13-11-30-10-12-31-18-8-6-17(7-9-18)24(28)29/h6-9,19-23H,5,10-13H2,1-4H3. The first-order valence-corrected chi connectivity index (χ1v) is 11.4. The summed E-state index contributed by atoms with van der Waals surface area (Å²) in [7, 11) is 0. The number of carbonyl (C=O) groups is 3. The molecule has 13 heteroatoms. The molecular weight excluding hydrogens is 482 g/mol. The Morgan fingerprint density at radius 2 is 1.42 bits per heavy atom. The number of carbonyl (C=O) groups excluding carboxylic acids is 3. The molecule has 1 aliphatic heterocycles. The molecule has 0 radical (unpaired) electrons. The number of nitro benzene ring substituents is 1. The molecule has 0 saturated carbocycles. The minimum Gasteiger partial charge on any atom is -0.491 e. The quantitative estimate of drug-likeness (QED) is 0.124. The van der Waals surface area contributed by atoms with E-state index in [2.05, 4.69) is 0 Å². The van der Waals surface area contributed by atoms with Crippen molar-refractivity contribution in [2.75, 3.05) is 26.4 Å². The number of nitrogens with zero attached hydrogens (tertiary/aromatic N) is 1. The molecule has 0 amide bonds. The predicted molar refractivity (Wildman–Crippen MR) is 121 cm³/mol. The van der Waals surface area contributed by atoms with Crippen LogP contribution in [0.1, 0.15) is 34.1 Å². The summed E-state index contributed by atoms with van der Waals surface area (Å²) in [5.41, 5.74) is -0.0341. The van der Waals surface area contributed by atoms with Crippen LogP contribution in [0.2, 0.25) is 0 Å². The van der Waals surface area contributed by atoms with Crippen molar-refractivity contribution >= 4 is 23.6 Å². The van der Waals surface area contributed by atoms with Crippen LogP contribution in [0.3, 0.4) is 0 Å². The van der Waals surface area contributed by atoms with Gasteiger partial charge in [0.2, 0.25) is 0 Å². The van der Waals surface area contributed by atoms with Crippen LogP contribution >= 0.6 is 0 Å². The molecule has 1 aliphatic rings. The number of hydrogen-bond acceptors (Lipinski definition) is 12. The van der Waals surface area contributed by atoms with Crippen molar-refractivity contribution in [3.8, 4) is 5.75 Å². The predicted octanol–water partition coefficient (Wildman–Crippen LogP) is 1.94. The van der Waals surface area contributed by atoms with Crippen LogP contribution in [0, 0.1) is 10.1 Å². The average Bonchev–Trinajstić information content (AvgIpc) is 2.81. The van der Waals surface area contributed by atoms with Crippen LogP contribution < -0.4 is 4.74 Å². The van der Waals surface area contributed by atoms with E-state index in [4.69, 9.17) is 33.2 Å². The fraction of sp³-hybridized carbons (Fsp3) is 0.609. The highest BCUT2D eigenvalue weighted by Crippen LogP contribution is 2.30. The van der Waals surface area contributed by atoms with E-state index >= 15 is 0 Å². The summed E-state index contributed by atoms with van der Waals surface area (Å²) in [6.45, 7) is 5.97. The normalized spacial score (nSPS) is 23.4. The van der Waals surface area contributed by atoms with Gasteiger partial charge in [0.1, 0.15) is 18.5 Å². The summed E-state index contributed by atoms with van der Waals surface area (Å²) in [6, 6.07) is 5.66. The lowest BCUT2D eigenvalue weighted by Gasteiger charge is -2.44. The van der Waals surface area contributed by atoms with Gasteiger partial charge in [0, 0.05) is 32.9 Å². The summed E-state index contributed by atoms with van der Waals surface area (Å²) >= 11 is 0. The molecule has 0 N–H and O–H groups in total. The molecule has 0 aromatic heterocycles. The molecule has 2 rings (SSSR count). The topological polar surface area (TPSA) is 159 Å². The van der Waals surface area contributed by atoms with Crippen molar-refractivity contribution in [3.63, 3.8) is 0 Å². The van der Waals surface area contributed by atoms with Gasteiger partial charge < -0.3 is 33.2 Å². The second-order valence-corrected chi connectivity index (χ2v) is 7.76. The van der Waals surface area contributed by atoms with E-state index in [9.17, 15) is 24.5 Å². The van der Waals surface area contributed by atoms with Gasteiger partial charge in [-0.25, -0.2) is 0 Å². The largest absolute Gasteiger partial charge is 0.491 e. The van der Waals surface area contributed by atoms with Gasteiger partial charge in [-0.3, -0.25) is 24.5 Å². The second-order valence-electron chi connectivity index (χ2n) is 7.76. The number of ether oxygens (including phenoxy) is 7. The fourth-order valence-corrected chi connectivity index (χ4v) is 3.53. The van der Waals surface area contributed by atoms with Crippen LogP contribution in [0.5, 0.6) is 5.75 Å². The molecular formula is C23H31NO12. The molecule has 200 valence electrons. The van der Waals surface area contributed by atoms with Crippen LogP contribution in [-0.2, 0) is 42.8 Å². The van der Waals surface area contributed by atoms with E-state index in [0.29, 0.717) is 12.2 Å². The fourth-order valence-electron chi connectivity index (χ4n) is 3.53. The zero-order valence-electron chi connectivity index (χ0n) is 20.6. The van der Waals surface area contributed by atoms with Crippen molar-refractivity contribution < 1.29 is 52.5 Å². The monoisotopic (exact) mass is 513 g/mol. The van der Waals surface area contributed by atoms with E-state index in [1.807, 2.05) is 0 Å². The number of non-ortho nitro benzene ring substituents is 1. The molecule has 0 bridgehead atoms. The van der Waals surface area contributed by atoms with Crippen molar-refractivity contribution in [1.82, 2.24) is 0 Å². The zero-order chi connectivity index (χ0) is 26.7. The molecule has 1 heterocycles. The summed E-state index contributed by atoms with van der Waals surface area (Å²) in [5, 5.41) is 10.7. The van der Waals surface area contributed by atoms with Crippen LogP contribution in [0.25, 0.3) is 0 Å². The number of hydrogen-bond donors (Lipinski definition) is 0. The van der Waals surface area contributed by atoms with E-state index in [1.54, 1.807) is 6.92 Å². The average molecular weight is 513 g/mol. The SMILES string of the molecule is CCC1OC(OCCOCCOc2ccc([N+](=O)[O-])cc2)C(OC(C)=O)C(OC(C)=O)C1OC(C)=O. The highest BCUT2D eigenvalue weighted by molar-refractivity contribution is 5.68. The molecule has 1 saturated heterocycles. The minimum absolute atomic E-state index is 0.0341. The highest BCUT2D eigenvalue weighted by Gasteiger charge is 2.51. The highest BCUT2D eigenvalue weighted by atomic mass is 16.7. The maximum atomic E-state index is 11.7. The molecule has 1 aromatic carbocycles. The van der Waals surface area contributed by atoms with Gasteiger partial charge >= 0.3 is 17.9 Å². The number of rotatable bonds is 13.